The van der Waals surface area contributed by atoms with Crippen LogP contribution in [0.15, 0.2) is 24.3 Å². The maximum Gasteiger partial charge on any atom is 0.301 e. The fourth-order valence-electron chi connectivity index (χ4n) is 1.87. The normalized spacial score (nSPS) is 11.8. The van der Waals surface area contributed by atoms with Crippen molar-refractivity contribution in [1.29, 1.82) is 0 Å². The van der Waals surface area contributed by atoms with Crippen molar-refractivity contribution in [3.63, 3.8) is 0 Å². The highest BCUT2D eigenvalue weighted by Gasteiger charge is 2.18. The van der Waals surface area contributed by atoms with E-state index in [1.54, 1.807) is 6.07 Å². The third-order valence-electron chi connectivity index (χ3n) is 2.89. The van der Waals surface area contributed by atoms with Crippen molar-refractivity contribution >= 4 is 15.9 Å². The van der Waals surface area contributed by atoms with Gasteiger partial charge in [0.15, 0.2) is 0 Å². The quantitative estimate of drug-likeness (QED) is 0.761. The van der Waals surface area contributed by atoms with Crippen molar-refractivity contribution in [1.82, 2.24) is 4.31 Å². The molecule has 0 amide bonds. The Balaban J connectivity index is 2.81. The second kappa shape index (κ2) is 7.47. The summed E-state index contributed by atoms with van der Waals surface area (Å²) in [6, 6.07) is 7.44. The molecule has 1 aromatic carbocycles. The zero-order valence-corrected chi connectivity index (χ0v) is 12.4. The van der Waals surface area contributed by atoms with E-state index in [0.29, 0.717) is 25.3 Å². The van der Waals surface area contributed by atoms with Crippen molar-refractivity contribution in [3.05, 3.63) is 29.8 Å². The van der Waals surface area contributed by atoms with Crippen molar-refractivity contribution in [2.24, 2.45) is 5.73 Å². The molecule has 0 aliphatic heterocycles. The van der Waals surface area contributed by atoms with Gasteiger partial charge in [0.25, 0.3) is 0 Å². The van der Waals surface area contributed by atoms with Crippen LogP contribution in [0.1, 0.15) is 25.8 Å². The van der Waals surface area contributed by atoms with Crippen molar-refractivity contribution < 1.29 is 8.42 Å². The topological polar surface area (TPSA) is 75.4 Å². The molecule has 19 heavy (non-hydrogen) atoms. The first-order chi connectivity index (χ1) is 9.03. The third kappa shape index (κ3) is 4.81. The van der Waals surface area contributed by atoms with Crippen LogP contribution in [0.3, 0.4) is 0 Å². The summed E-state index contributed by atoms with van der Waals surface area (Å²) in [5.41, 5.74) is 7.16. The first kappa shape index (κ1) is 15.9. The minimum Gasteiger partial charge on any atom is -0.330 e. The number of rotatable bonds is 8. The van der Waals surface area contributed by atoms with Crippen molar-refractivity contribution in [3.8, 4) is 0 Å². The lowest BCUT2D eigenvalue weighted by Gasteiger charge is -2.19. The fraction of sp³-hybridized carbons (Fsp3) is 0.538. The van der Waals surface area contributed by atoms with Crippen LogP contribution in [0.4, 0.5) is 5.69 Å². The van der Waals surface area contributed by atoms with Gasteiger partial charge in [-0.1, -0.05) is 26.0 Å². The van der Waals surface area contributed by atoms with E-state index in [0.717, 1.165) is 18.4 Å². The smallest absolute Gasteiger partial charge is 0.301 e. The predicted octanol–water partition coefficient (Wildman–Crippen LogP) is 1.58. The standard InChI is InChI=1S/C13H23N3O2S/c1-3-16(4-2)19(17,18)15-13-9-5-7-12(11-13)8-6-10-14/h5,7,9,11,15H,3-4,6,8,10,14H2,1-2H3. The summed E-state index contributed by atoms with van der Waals surface area (Å²) >= 11 is 0. The van der Waals surface area contributed by atoms with Gasteiger partial charge in [0.1, 0.15) is 0 Å². The molecule has 3 N–H and O–H groups in total. The molecular formula is C13H23N3O2S. The van der Waals surface area contributed by atoms with Gasteiger partial charge in [-0.3, -0.25) is 4.72 Å². The van der Waals surface area contributed by atoms with Gasteiger partial charge in [0, 0.05) is 13.1 Å². The molecule has 0 unspecified atom stereocenters. The Morgan fingerprint density at radius 3 is 2.53 bits per heavy atom. The van der Waals surface area contributed by atoms with Gasteiger partial charge in [0.2, 0.25) is 0 Å². The Morgan fingerprint density at radius 1 is 1.26 bits per heavy atom. The Hall–Kier alpha value is -1.11. The second-order valence-electron chi connectivity index (χ2n) is 4.28. The van der Waals surface area contributed by atoms with Crippen LogP contribution in [0.2, 0.25) is 0 Å². The summed E-state index contributed by atoms with van der Waals surface area (Å²) in [5, 5.41) is 0. The Kier molecular flexibility index (Phi) is 6.27. The average molecular weight is 285 g/mol. The zero-order chi connectivity index (χ0) is 14.3. The van der Waals surface area contributed by atoms with Gasteiger partial charge in [-0.2, -0.15) is 12.7 Å². The van der Waals surface area contributed by atoms with Gasteiger partial charge in [-0.05, 0) is 37.1 Å². The summed E-state index contributed by atoms with van der Waals surface area (Å²) < 4.78 is 28.2. The van der Waals surface area contributed by atoms with Gasteiger partial charge in [-0.25, -0.2) is 0 Å². The fourth-order valence-corrected chi connectivity index (χ4v) is 3.11. The summed E-state index contributed by atoms with van der Waals surface area (Å²) in [6.07, 6.45) is 1.75. The van der Waals surface area contributed by atoms with Crippen LogP contribution >= 0.6 is 0 Å². The van der Waals surface area contributed by atoms with Crippen LogP contribution in [-0.4, -0.2) is 32.4 Å². The Bertz CT molecular complexity index is 484. The van der Waals surface area contributed by atoms with Crippen molar-refractivity contribution in [2.45, 2.75) is 26.7 Å². The lowest BCUT2D eigenvalue weighted by Crippen LogP contribution is -2.35. The number of hydrogen-bond donors (Lipinski definition) is 2. The molecule has 0 aromatic heterocycles. The minimum atomic E-state index is -3.45. The number of anilines is 1. The number of nitrogens with zero attached hydrogens (tertiary/aromatic N) is 1. The van der Waals surface area contributed by atoms with Gasteiger partial charge in [0.05, 0.1) is 5.69 Å². The number of benzene rings is 1. The molecular weight excluding hydrogens is 262 g/mol. The van der Waals surface area contributed by atoms with Crippen LogP contribution in [-0.2, 0) is 16.6 Å². The SMILES string of the molecule is CCN(CC)S(=O)(=O)Nc1cccc(CCCN)c1. The first-order valence-corrected chi connectivity index (χ1v) is 8.04. The van der Waals surface area contributed by atoms with E-state index in [1.807, 2.05) is 32.0 Å². The maximum atomic E-state index is 12.1. The van der Waals surface area contributed by atoms with Crippen molar-refractivity contribution in [2.75, 3.05) is 24.4 Å². The highest BCUT2D eigenvalue weighted by Crippen LogP contribution is 2.15. The van der Waals surface area contributed by atoms with E-state index in [-0.39, 0.29) is 0 Å². The molecule has 5 nitrogen and oxygen atoms in total. The molecule has 108 valence electrons. The van der Waals surface area contributed by atoms with Crippen LogP contribution < -0.4 is 10.5 Å². The first-order valence-electron chi connectivity index (χ1n) is 6.60. The molecule has 0 saturated heterocycles. The molecule has 0 radical (unpaired) electrons. The summed E-state index contributed by atoms with van der Waals surface area (Å²) in [6.45, 7) is 5.19. The molecule has 0 heterocycles. The number of nitrogens with one attached hydrogen (secondary N) is 1. The highest BCUT2D eigenvalue weighted by molar-refractivity contribution is 7.90. The zero-order valence-electron chi connectivity index (χ0n) is 11.6. The maximum absolute atomic E-state index is 12.1. The Morgan fingerprint density at radius 2 is 1.95 bits per heavy atom. The molecule has 6 heteroatoms. The van der Waals surface area contributed by atoms with E-state index < -0.39 is 10.2 Å². The molecule has 0 saturated carbocycles. The van der Waals surface area contributed by atoms with E-state index >= 15 is 0 Å². The number of hydrogen-bond acceptors (Lipinski definition) is 3. The third-order valence-corrected chi connectivity index (χ3v) is 4.58. The molecule has 0 bridgehead atoms. The van der Waals surface area contributed by atoms with E-state index in [2.05, 4.69) is 4.72 Å². The number of nitrogens with two attached hydrogens (primary N) is 1. The summed E-state index contributed by atoms with van der Waals surface area (Å²) in [4.78, 5) is 0. The molecule has 0 fully saturated rings. The molecule has 0 aliphatic rings. The van der Waals surface area contributed by atoms with Crippen LogP contribution in [0, 0.1) is 0 Å². The van der Waals surface area contributed by atoms with E-state index in [9.17, 15) is 8.42 Å². The van der Waals surface area contributed by atoms with Crippen LogP contribution in [0.25, 0.3) is 0 Å². The van der Waals surface area contributed by atoms with Crippen LogP contribution in [0.5, 0.6) is 0 Å². The minimum absolute atomic E-state index is 0.457. The lowest BCUT2D eigenvalue weighted by atomic mass is 10.1. The molecule has 1 rings (SSSR count). The lowest BCUT2D eigenvalue weighted by molar-refractivity contribution is 0.449. The van der Waals surface area contributed by atoms with E-state index in [1.165, 1.54) is 4.31 Å². The molecule has 0 aliphatic carbocycles. The van der Waals surface area contributed by atoms with Gasteiger partial charge >= 0.3 is 10.2 Å². The summed E-state index contributed by atoms with van der Waals surface area (Å²) in [7, 11) is -3.45. The van der Waals surface area contributed by atoms with E-state index in [4.69, 9.17) is 5.73 Å². The highest BCUT2D eigenvalue weighted by atomic mass is 32.2. The van der Waals surface area contributed by atoms with Gasteiger partial charge < -0.3 is 5.73 Å². The number of aryl methyl sites for hydroxylation is 1. The molecule has 1 aromatic rings. The summed E-state index contributed by atoms with van der Waals surface area (Å²) in [5.74, 6) is 0. The molecule has 0 spiro atoms. The second-order valence-corrected chi connectivity index (χ2v) is 5.95. The monoisotopic (exact) mass is 285 g/mol. The molecule has 0 atom stereocenters. The largest absolute Gasteiger partial charge is 0.330 e. The predicted molar refractivity (Wildman–Crippen MR) is 79.3 cm³/mol. The van der Waals surface area contributed by atoms with Gasteiger partial charge in [-0.15, -0.1) is 0 Å². The average Bonchev–Trinajstić information content (AvgIpc) is 2.37. The Labute approximate surface area is 116 Å².